The Bertz CT molecular complexity index is 1100. The van der Waals surface area contributed by atoms with Crippen LogP contribution in [-0.4, -0.2) is 33.5 Å². The molecule has 1 unspecified atom stereocenters. The number of rotatable bonds is 10. The van der Waals surface area contributed by atoms with Gasteiger partial charge >= 0.3 is 0 Å². The van der Waals surface area contributed by atoms with E-state index in [1.807, 2.05) is 35.8 Å². The normalized spacial score (nSPS) is 11.6. The van der Waals surface area contributed by atoms with Crippen LogP contribution in [0.2, 0.25) is 0 Å². The predicted octanol–water partition coefficient (Wildman–Crippen LogP) is 4.69. The first-order chi connectivity index (χ1) is 15.9. The number of nitriles is 1. The minimum atomic E-state index is -0.327. The van der Waals surface area contributed by atoms with Crippen LogP contribution in [0.25, 0.3) is 0 Å². The molecule has 0 radical (unpaired) electrons. The van der Waals surface area contributed by atoms with Gasteiger partial charge < -0.3 is 19.4 Å². The van der Waals surface area contributed by atoms with Crippen molar-refractivity contribution in [2.75, 3.05) is 18.2 Å². The van der Waals surface area contributed by atoms with E-state index < -0.39 is 0 Å². The Labute approximate surface area is 197 Å². The molecule has 1 amide bonds. The largest absolute Gasteiger partial charge is 0.497 e. The molecule has 0 fully saturated rings. The molecule has 0 spiro atoms. The Balaban J connectivity index is 1.67. The quantitative estimate of drug-likeness (QED) is 0.434. The maximum absolute atomic E-state index is 12.4. The molecule has 1 aromatic heterocycles. The number of amides is 1. The molecule has 0 saturated heterocycles. The number of nitrogens with one attached hydrogen (secondary N) is 1. The maximum Gasteiger partial charge on any atom is 0.234 e. The van der Waals surface area contributed by atoms with Gasteiger partial charge in [0.05, 0.1) is 24.5 Å². The van der Waals surface area contributed by atoms with Crippen molar-refractivity contribution in [2.45, 2.75) is 38.6 Å². The van der Waals surface area contributed by atoms with E-state index in [2.05, 4.69) is 35.4 Å². The Hall–Kier alpha value is -3.51. The molecule has 172 valence electrons. The van der Waals surface area contributed by atoms with E-state index >= 15 is 0 Å². The molecule has 3 aromatic rings. The summed E-state index contributed by atoms with van der Waals surface area (Å²) < 4.78 is 13.3. The molecule has 1 heterocycles. The summed E-state index contributed by atoms with van der Waals surface area (Å²) in [7, 11) is 1.62. The highest BCUT2D eigenvalue weighted by atomic mass is 32.2. The zero-order valence-corrected chi connectivity index (χ0v) is 19.9. The van der Waals surface area contributed by atoms with Crippen molar-refractivity contribution < 1.29 is 14.3 Å². The Kier molecular flexibility index (Phi) is 8.33. The highest BCUT2D eigenvalue weighted by Gasteiger charge is 2.21. The molecule has 2 aromatic carbocycles. The predicted molar refractivity (Wildman–Crippen MR) is 127 cm³/mol. The summed E-state index contributed by atoms with van der Waals surface area (Å²) in [6.45, 7) is 6.87. The lowest BCUT2D eigenvalue weighted by Crippen LogP contribution is -2.17. The lowest BCUT2D eigenvalue weighted by atomic mass is 10.2. The van der Waals surface area contributed by atoms with Gasteiger partial charge in [0.1, 0.15) is 11.5 Å². The maximum atomic E-state index is 12.4. The summed E-state index contributed by atoms with van der Waals surface area (Å²) in [4.78, 5) is 12.4. The molecule has 3 rings (SSSR count). The number of anilines is 1. The molecule has 0 aliphatic carbocycles. The van der Waals surface area contributed by atoms with E-state index in [4.69, 9.17) is 14.7 Å². The molecule has 0 saturated carbocycles. The van der Waals surface area contributed by atoms with Gasteiger partial charge in [-0.05, 0) is 61.4 Å². The van der Waals surface area contributed by atoms with Crippen LogP contribution >= 0.6 is 11.8 Å². The van der Waals surface area contributed by atoms with Crippen LogP contribution < -0.4 is 14.8 Å². The van der Waals surface area contributed by atoms with Crippen LogP contribution in [0.1, 0.15) is 38.3 Å². The summed E-state index contributed by atoms with van der Waals surface area (Å²) in [6, 6.07) is 16.2. The molecular weight excluding hydrogens is 438 g/mol. The molecule has 1 atom stereocenters. The minimum absolute atomic E-state index is 0.159. The number of nitrogens with zero attached hydrogens (tertiary/aromatic N) is 4. The van der Waals surface area contributed by atoms with Crippen molar-refractivity contribution in [1.29, 1.82) is 5.26 Å². The van der Waals surface area contributed by atoms with Crippen molar-refractivity contribution in [1.82, 2.24) is 14.8 Å². The van der Waals surface area contributed by atoms with Crippen LogP contribution in [0.4, 0.5) is 5.69 Å². The van der Waals surface area contributed by atoms with Gasteiger partial charge in [-0.3, -0.25) is 4.79 Å². The fourth-order valence-electron chi connectivity index (χ4n) is 3.11. The van der Waals surface area contributed by atoms with Crippen LogP contribution in [0.5, 0.6) is 11.5 Å². The van der Waals surface area contributed by atoms with E-state index in [0.717, 1.165) is 5.75 Å². The van der Waals surface area contributed by atoms with Crippen molar-refractivity contribution in [2.24, 2.45) is 5.92 Å². The fourth-order valence-corrected chi connectivity index (χ4v) is 3.87. The standard InChI is InChI=1S/C24H27N5O3S/c1-16(2)14-29-23(17(3)32-21-11-9-20(31-4)10-12-21)27-28-24(29)33-15-22(30)26-19-7-5-18(13-25)6-8-19/h5-12,16-17H,14-15H2,1-4H3,(H,26,30). The van der Waals surface area contributed by atoms with Gasteiger partial charge in [-0.1, -0.05) is 25.6 Å². The monoisotopic (exact) mass is 465 g/mol. The number of aromatic nitrogens is 3. The van der Waals surface area contributed by atoms with Crippen LogP contribution in [0.3, 0.4) is 0 Å². The average Bonchev–Trinajstić information content (AvgIpc) is 3.20. The SMILES string of the molecule is COc1ccc(OC(C)c2nnc(SCC(=O)Nc3ccc(C#N)cc3)n2CC(C)C)cc1. The van der Waals surface area contributed by atoms with Gasteiger partial charge in [-0.2, -0.15) is 5.26 Å². The average molecular weight is 466 g/mol. The lowest BCUT2D eigenvalue weighted by molar-refractivity contribution is -0.113. The molecule has 9 heteroatoms. The van der Waals surface area contributed by atoms with Crippen molar-refractivity contribution >= 4 is 23.4 Å². The van der Waals surface area contributed by atoms with Gasteiger partial charge in [0.25, 0.3) is 0 Å². The van der Waals surface area contributed by atoms with Gasteiger partial charge in [0.15, 0.2) is 17.1 Å². The smallest absolute Gasteiger partial charge is 0.234 e. The minimum Gasteiger partial charge on any atom is -0.497 e. The summed E-state index contributed by atoms with van der Waals surface area (Å²) in [6.07, 6.45) is -0.327. The highest BCUT2D eigenvalue weighted by Crippen LogP contribution is 2.27. The summed E-state index contributed by atoms with van der Waals surface area (Å²) >= 11 is 1.33. The van der Waals surface area contributed by atoms with Crippen molar-refractivity contribution in [3.8, 4) is 17.6 Å². The first-order valence-electron chi connectivity index (χ1n) is 10.6. The number of benzene rings is 2. The Morgan fingerprint density at radius 2 is 1.76 bits per heavy atom. The fraction of sp³-hybridized carbons (Fsp3) is 0.333. The van der Waals surface area contributed by atoms with Gasteiger partial charge in [0, 0.05) is 12.2 Å². The number of ether oxygens (including phenoxy) is 2. The van der Waals surface area contributed by atoms with Crippen LogP contribution in [0, 0.1) is 17.2 Å². The molecule has 0 bridgehead atoms. The number of methoxy groups -OCH3 is 1. The van der Waals surface area contributed by atoms with Gasteiger partial charge in [0.2, 0.25) is 5.91 Å². The zero-order chi connectivity index (χ0) is 23.8. The second-order valence-electron chi connectivity index (χ2n) is 7.81. The number of thioether (sulfide) groups is 1. The van der Waals surface area contributed by atoms with Crippen molar-refractivity contribution in [3.05, 3.63) is 59.9 Å². The third kappa shape index (κ3) is 6.73. The third-order valence-corrected chi connectivity index (χ3v) is 5.63. The van der Waals surface area contributed by atoms with Crippen molar-refractivity contribution in [3.63, 3.8) is 0 Å². The number of carbonyl (C=O) groups is 1. The number of carbonyl (C=O) groups excluding carboxylic acids is 1. The van der Waals surface area contributed by atoms with E-state index in [9.17, 15) is 4.79 Å². The van der Waals surface area contributed by atoms with Crippen LogP contribution in [0.15, 0.2) is 53.7 Å². The highest BCUT2D eigenvalue weighted by molar-refractivity contribution is 7.99. The number of hydrogen-bond acceptors (Lipinski definition) is 7. The topological polar surface area (TPSA) is 102 Å². The Morgan fingerprint density at radius 3 is 2.36 bits per heavy atom. The Morgan fingerprint density at radius 1 is 1.09 bits per heavy atom. The van der Waals surface area contributed by atoms with Crippen LogP contribution in [-0.2, 0) is 11.3 Å². The van der Waals surface area contributed by atoms with E-state index in [0.29, 0.717) is 40.4 Å². The first kappa shape index (κ1) is 24.1. The number of hydrogen-bond donors (Lipinski definition) is 1. The van der Waals surface area contributed by atoms with Gasteiger partial charge in [-0.25, -0.2) is 0 Å². The zero-order valence-electron chi connectivity index (χ0n) is 19.1. The molecular formula is C24H27N5O3S. The molecule has 0 aliphatic heterocycles. The van der Waals surface area contributed by atoms with Gasteiger partial charge in [-0.15, -0.1) is 10.2 Å². The van der Waals surface area contributed by atoms with E-state index in [1.165, 1.54) is 11.8 Å². The second-order valence-corrected chi connectivity index (χ2v) is 8.75. The molecule has 1 N–H and O–H groups in total. The molecule has 8 nitrogen and oxygen atoms in total. The summed E-state index contributed by atoms with van der Waals surface area (Å²) in [5.41, 5.74) is 1.19. The molecule has 0 aliphatic rings. The lowest BCUT2D eigenvalue weighted by Gasteiger charge is -2.18. The van der Waals surface area contributed by atoms with E-state index in [1.54, 1.807) is 31.4 Å². The third-order valence-electron chi connectivity index (χ3n) is 4.66. The second kappa shape index (κ2) is 11.4. The summed E-state index contributed by atoms with van der Waals surface area (Å²) in [5, 5.41) is 21.1. The summed E-state index contributed by atoms with van der Waals surface area (Å²) in [5.74, 6) is 2.56. The van der Waals surface area contributed by atoms with E-state index in [-0.39, 0.29) is 17.8 Å². The first-order valence-corrected chi connectivity index (χ1v) is 11.5. The molecule has 33 heavy (non-hydrogen) atoms.